The van der Waals surface area contributed by atoms with Crippen LogP contribution in [0.5, 0.6) is 0 Å². The summed E-state index contributed by atoms with van der Waals surface area (Å²) >= 11 is 0. The second-order valence-electron chi connectivity index (χ2n) is 5.06. The summed E-state index contributed by atoms with van der Waals surface area (Å²) in [6, 6.07) is 8.99. The standard InChI is InChI=1S/C17H23NO/c1-3-4-5-8-15-9-6-7-10-16(15)13-19-17-11-14(2)18-12-17/h3-10,14,17-18H,11-13H2,1-2H3/b4-3-,8-5-/t14?,17-/m1/s1. The van der Waals surface area contributed by atoms with E-state index in [1.807, 2.05) is 19.1 Å². The molecule has 1 aromatic carbocycles. The summed E-state index contributed by atoms with van der Waals surface area (Å²) in [6.07, 6.45) is 9.73. The molecule has 1 aliphatic rings. The van der Waals surface area contributed by atoms with Crippen LogP contribution in [0.2, 0.25) is 0 Å². The second-order valence-corrected chi connectivity index (χ2v) is 5.06. The molecule has 2 atom stereocenters. The highest BCUT2D eigenvalue weighted by Crippen LogP contribution is 2.16. The topological polar surface area (TPSA) is 21.3 Å². The summed E-state index contributed by atoms with van der Waals surface area (Å²) in [7, 11) is 0. The summed E-state index contributed by atoms with van der Waals surface area (Å²) in [4.78, 5) is 0. The van der Waals surface area contributed by atoms with E-state index in [0.29, 0.717) is 18.8 Å². The Hall–Kier alpha value is -1.38. The first-order valence-electron chi connectivity index (χ1n) is 7.02. The molecule has 102 valence electrons. The van der Waals surface area contributed by atoms with E-state index in [0.717, 1.165) is 13.0 Å². The van der Waals surface area contributed by atoms with Crippen LogP contribution in [-0.4, -0.2) is 18.7 Å². The van der Waals surface area contributed by atoms with Crippen molar-refractivity contribution in [1.82, 2.24) is 5.32 Å². The SMILES string of the molecule is C/C=C\C=C/c1ccccc1CO[C@H]1CNC(C)C1. The van der Waals surface area contributed by atoms with Gasteiger partial charge in [0, 0.05) is 12.6 Å². The summed E-state index contributed by atoms with van der Waals surface area (Å²) in [5, 5.41) is 3.41. The van der Waals surface area contributed by atoms with Crippen molar-refractivity contribution in [2.45, 2.75) is 39.0 Å². The molecular formula is C17H23NO. The molecule has 1 N–H and O–H groups in total. The lowest BCUT2D eigenvalue weighted by Crippen LogP contribution is -2.18. The average Bonchev–Trinajstić information content (AvgIpc) is 2.84. The van der Waals surface area contributed by atoms with Crippen LogP contribution in [0.3, 0.4) is 0 Å². The van der Waals surface area contributed by atoms with Crippen molar-refractivity contribution in [3.05, 3.63) is 53.6 Å². The third-order valence-electron chi connectivity index (χ3n) is 3.42. The smallest absolute Gasteiger partial charge is 0.0727 e. The zero-order valence-electron chi connectivity index (χ0n) is 11.8. The normalized spacial score (nSPS) is 23.7. The minimum atomic E-state index is 0.350. The van der Waals surface area contributed by atoms with Crippen LogP contribution in [0.15, 0.2) is 42.5 Å². The lowest BCUT2D eigenvalue weighted by atomic mass is 10.1. The van der Waals surface area contributed by atoms with E-state index in [1.165, 1.54) is 11.1 Å². The highest BCUT2D eigenvalue weighted by molar-refractivity contribution is 5.55. The summed E-state index contributed by atoms with van der Waals surface area (Å²) in [6.45, 7) is 5.89. The zero-order valence-corrected chi connectivity index (χ0v) is 11.8. The van der Waals surface area contributed by atoms with Gasteiger partial charge in [-0.05, 0) is 31.4 Å². The maximum atomic E-state index is 5.99. The molecule has 0 amide bonds. The van der Waals surface area contributed by atoms with Crippen LogP contribution in [0.1, 0.15) is 31.4 Å². The first-order chi connectivity index (χ1) is 9.29. The van der Waals surface area contributed by atoms with Gasteiger partial charge in [0.1, 0.15) is 0 Å². The Kier molecular flexibility index (Phi) is 5.37. The van der Waals surface area contributed by atoms with Crippen molar-refractivity contribution in [2.24, 2.45) is 0 Å². The van der Waals surface area contributed by atoms with Crippen LogP contribution >= 0.6 is 0 Å². The first-order valence-corrected chi connectivity index (χ1v) is 7.02. The average molecular weight is 257 g/mol. The molecule has 2 rings (SSSR count). The van der Waals surface area contributed by atoms with E-state index in [4.69, 9.17) is 4.74 Å². The van der Waals surface area contributed by atoms with E-state index in [1.54, 1.807) is 0 Å². The summed E-state index contributed by atoms with van der Waals surface area (Å²) in [5.74, 6) is 0. The van der Waals surface area contributed by atoms with Gasteiger partial charge in [0.15, 0.2) is 0 Å². The molecule has 0 aromatic heterocycles. The number of allylic oxidation sites excluding steroid dienone is 3. The van der Waals surface area contributed by atoms with Crippen LogP contribution in [0, 0.1) is 0 Å². The van der Waals surface area contributed by atoms with Gasteiger partial charge in [0.25, 0.3) is 0 Å². The molecule has 2 heteroatoms. The van der Waals surface area contributed by atoms with Gasteiger partial charge in [-0.2, -0.15) is 0 Å². The number of hydrogen-bond acceptors (Lipinski definition) is 2. The fourth-order valence-electron chi connectivity index (χ4n) is 2.33. The van der Waals surface area contributed by atoms with E-state index >= 15 is 0 Å². The molecule has 1 fully saturated rings. The Morgan fingerprint density at radius 3 is 2.89 bits per heavy atom. The van der Waals surface area contributed by atoms with Gasteiger partial charge < -0.3 is 10.1 Å². The van der Waals surface area contributed by atoms with Gasteiger partial charge in [-0.3, -0.25) is 0 Å². The van der Waals surface area contributed by atoms with Crippen molar-refractivity contribution in [3.8, 4) is 0 Å². The van der Waals surface area contributed by atoms with Crippen molar-refractivity contribution in [1.29, 1.82) is 0 Å². The van der Waals surface area contributed by atoms with E-state index in [2.05, 4.69) is 48.7 Å². The third kappa shape index (κ3) is 4.34. The van der Waals surface area contributed by atoms with Crippen molar-refractivity contribution < 1.29 is 4.74 Å². The highest BCUT2D eigenvalue weighted by atomic mass is 16.5. The molecule has 1 aliphatic heterocycles. The fraction of sp³-hybridized carbons (Fsp3) is 0.412. The lowest BCUT2D eigenvalue weighted by molar-refractivity contribution is 0.0528. The Balaban J connectivity index is 1.95. The Labute approximate surface area is 116 Å². The number of rotatable bonds is 5. The summed E-state index contributed by atoms with van der Waals surface area (Å²) < 4.78 is 5.99. The fourth-order valence-corrected chi connectivity index (χ4v) is 2.33. The minimum absolute atomic E-state index is 0.350. The predicted molar refractivity (Wildman–Crippen MR) is 80.9 cm³/mol. The van der Waals surface area contributed by atoms with Crippen LogP contribution in [0.25, 0.3) is 6.08 Å². The van der Waals surface area contributed by atoms with Crippen molar-refractivity contribution >= 4 is 6.08 Å². The monoisotopic (exact) mass is 257 g/mol. The van der Waals surface area contributed by atoms with Crippen LogP contribution in [0.4, 0.5) is 0 Å². The van der Waals surface area contributed by atoms with E-state index < -0.39 is 0 Å². The van der Waals surface area contributed by atoms with Gasteiger partial charge in [0.2, 0.25) is 0 Å². The Morgan fingerprint density at radius 2 is 2.16 bits per heavy atom. The molecule has 2 nitrogen and oxygen atoms in total. The maximum Gasteiger partial charge on any atom is 0.0727 e. The molecule has 0 radical (unpaired) electrons. The highest BCUT2D eigenvalue weighted by Gasteiger charge is 2.20. The largest absolute Gasteiger partial charge is 0.372 e. The maximum absolute atomic E-state index is 5.99. The molecule has 19 heavy (non-hydrogen) atoms. The molecule has 0 bridgehead atoms. The van der Waals surface area contributed by atoms with E-state index in [-0.39, 0.29) is 0 Å². The van der Waals surface area contributed by atoms with E-state index in [9.17, 15) is 0 Å². The van der Waals surface area contributed by atoms with Gasteiger partial charge in [0.05, 0.1) is 12.7 Å². The van der Waals surface area contributed by atoms with Crippen LogP contribution in [-0.2, 0) is 11.3 Å². The molecule has 1 heterocycles. The molecule has 1 aromatic rings. The third-order valence-corrected chi connectivity index (χ3v) is 3.42. The lowest BCUT2D eigenvalue weighted by Gasteiger charge is -2.12. The molecule has 0 aliphatic carbocycles. The van der Waals surface area contributed by atoms with Gasteiger partial charge in [-0.15, -0.1) is 0 Å². The first kappa shape index (κ1) is 14.0. The quantitative estimate of drug-likeness (QED) is 0.815. The molecular weight excluding hydrogens is 234 g/mol. The molecule has 0 spiro atoms. The zero-order chi connectivity index (χ0) is 13.5. The Morgan fingerprint density at radius 1 is 1.32 bits per heavy atom. The summed E-state index contributed by atoms with van der Waals surface area (Å²) in [5.41, 5.74) is 2.49. The predicted octanol–water partition coefficient (Wildman–Crippen LogP) is 3.54. The number of nitrogens with one attached hydrogen (secondary N) is 1. The number of hydrogen-bond donors (Lipinski definition) is 1. The van der Waals surface area contributed by atoms with Crippen molar-refractivity contribution in [2.75, 3.05) is 6.54 Å². The van der Waals surface area contributed by atoms with Crippen LogP contribution < -0.4 is 5.32 Å². The minimum Gasteiger partial charge on any atom is -0.372 e. The van der Waals surface area contributed by atoms with Crippen molar-refractivity contribution in [3.63, 3.8) is 0 Å². The molecule has 1 saturated heterocycles. The Bertz CT molecular complexity index is 450. The van der Waals surface area contributed by atoms with Gasteiger partial charge >= 0.3 is 0 Å². The molecule has 1 unspecified atom stereocenters. The number of benzene rings is 1. The van der Waals surface area contributed by atoms with Gasteiger partial charge in [-0.1, -0.05) is 48.6 Å². The van der Waals surface area contributed by atoms with Gasteiger partial charge in [-0.25, -0.2) is 0 Å². The molecule has 0 saturated carbocycles. The second kappa shape index (κ2) is 7.27. The number of ether oxygens (including phenoxy) is 1.